The number of benzene rings is 2. The molecule has 1 atom stereocenters. The number of rotatable bonds is 4. The van der Waals surface area contributed by atoms with Crippen LogP contribution in [0.3, 0.4) is 0 Å². The molecule has 1 aromatic heterocycles. The van der Waals surface area contributed by atoms with Crippen LogP contribution in [0.2, 0.25) is 0 Å². The van der Waals surface area contributed by atoms with E-state index < -0.39 is 5.54 Å². The lowest BCUT2D eigenvalue weighted by atomic mass is 9.78. The van der Waals surface area contributed by atoms with Crippen molar-refractivity contribution in [3.63, 3.8) is 0 Å². The first-order valence-electron chi connectivity index (χ1n) is 7.15. The maximum Gasteiger partial charge on any atom is 0.172 e. The molecule has 0 spiro atoms. The monoisotopic (exact) mass is 291 g/mol. The Labute approximate surface area is 129 Å². The molecule has 4 nitrogen and oxygen atoms in total. The predicted octanol–water partition coefficient (Wildman–Crippen LogP) is 2.97. The summed E-state index contributed by atoms with van der Waals surface area (Å²) >= 11 is 0. The van der Waals surface area contributed by atoms with Crippen molar-refractivity contribution in [2.45, 2.75) is 19.4 Å². The highest BCUT2D eigenvalue weighted by Crippen LogP contribution is 2.36. The van der Waals surface area contributed by atoms with Gasteiger partial charge in [0.15, 0.2) is 11.3 Å². The van der Waals surface area contributed by atoms with Crippen LogP contribution in [-0.4, -0.2) is 20.5 Å². The molecule has 0 radical (unpaired) electrons. The van der Waals surface area contributed by atoms with Gasteiger partial charge in [-0.15, -0.1) is 0 Å². The van der Waals surface area contributed by atoms with E-state index in [-0.39, 0.29) is 5.78 Å². The first-order valence-corrected chi connectivity index (χ1v) is 7.15. The van der Waals surface area contributed by atoms with Crippen LogP contribution in [0.1, 0.15) is 23.6 Å². The van der Waals surface area contributed by atoms with E-state index >= 15 is 0 Å². The van der Waals surface area contributed by atoms with Crippen LogP contribution in [0, 0.1) is 6.92 Å². The standard InChI is InChI=1S/C18H17N3O/c1-14-8-6-7-11-17(14)18(15(2)22,21-13-19-12-20-21)16-9-4-3-5-10-16/h3-13H,1-2H3. The number of nitrogens with zero attached hydrogens (tertiary/aromatic N) is 3. The largest absolute Gasteiger partial charge is 0.296 e. The molecule has 1 unspecified atom stereocenters. The summed E-state index contributed by atoms with van der Waals surface area (Å²) in [6.45, 7) is 3.61. The summed E-state index contributed by atoms with van der Waals surface area (Å²) in [7, 11) is 0. The van der Waals surface area contributed by atoms with Crippen molar-refractivity contribution in [1.82, 2.24) is 14.8 Å². The molecule has 2 aromatic carbocycles. The number of hydrogen-bond acceptors (Lipinski definition) is 3. The molecule has 3 rings (SSSR count). The lowest BCUT2D eigenvalue weighted by Gasteiger charge is -2.33. The summed E-state index contributed by atoms with van der Waals surface area (Å²) < 4.78 is 1.65. The lowest BCUT2D eigenvalue weighted by Crippen LogP contribution is -2.44. The van der Waals surface area contributed by atoms with Gasteiger partial charge in [-0.1, -0.05) is 54.6 Å². The molecular weight excluding hydrogens is 274 g/mol. The number of ketones is 1. The number of hydrogen-bond donors (Lipinski definition) is 0. The van der Waals surface area contributed by atoms with Gasteiger partial charge in [0, 0.05) is 0 Å². The molecule has 3 aromatic rings. The van der Waals surface area contributed by atoms with E-state index in [1.165, 1.54) is 6.33 Å². The van der Waals surface area contributed by atoms with Gasteiger partial charge in [0.05, 0.1) is 0 Å². The Balaban J connectivity index is 2.41. The Morgan fingerprint density at radius 1 is 1.05 bits per heavy atom. The van der Waals surface area contributed by atoms with Crippen molar-refractivity contribution in [3.8, 4) is 0 Å². The smallest absolute Gasteiger partial charge is 0.172 e. The fraction of sp³-hybridized carbons (Fsp3) is 0.167. The Kier molecular flexibility index (Phi) is 3.59. The van der Waals surface area contributed by atoms with Gasteiger partial charge >= 0.3 is 0 Å². The summed E-state index contributed by atoms with van der Waals surface area (Å²) in [6, 6.07) is 17.6. The summed E-state index contributed by atoms with van der Waals surface area (Å²) in [6.07, 6.45) is 3.06. The van der Waals surface area contributed by atoms with Gasteiger partial charge in [-0.05, 0) is 30.5 Å². The Bertz CT molecular complexity index is 781. The van der Waals surface area contributed by atoms with Gasteiger partial charge in [0.2, 0.25) is 0 Å². The Hall–Kier alpha value is -2.75. The van der Waals surface area contributed by atoms with Crippen LogP contribution in [0.4, 0.5) is 0 Å². The van der Waals surface area contributed by atoms with Gasteiger partial charge in [-0.25, -0.2) is 9.67 Å². The molecule has 4 heteroatoms. The second-order valence-corrected chi connectivity index (χ2v) is 5.29. The molecule has 0 N–H and O–H groups in total. The van der Waals surface area contributed by atoms with Gasteiger partial charge in [-0.3, -0.25) is 4.79 Å². The molecule has 110 valence electrons. The van der Waals surface area contributed by atoms with Crippen molar-refractivity contribution in [1.29, 1.82) is 0 Å². The van der Waals surface area contributed by atoms with E-state index in [2.05, 4.69) is 10.1 Å². The average Bonchev–Trinajstić information content (AvgIpc) is 3.05. The minimum atomic E-state index is -0.997. The molecule has 1 heterocycles. The summed E-state index contributed by atoms with van der Waals surface area (Å²) in [5.41, 5.74) is 1.84. The topological polar surface area (TPSA) is 47.8 Å². The Morgan fingerprint density at radius 3 is 2.32 bits per heavy atom. The molecule has 0 aliphatic rings. The van der Waals surface area contributed by atoms with E-state index in [4.69, 9.17) is 0 Å². The maximum atomic E-state index is 12.8. The normalized spacial score (nSPS) is 13.5. The van der Waals surface area contributed by atoms with Crippen LogP contribution in [-0.2, 0) is 10.3 Å². The fourth-order valence-electron chi connectivity index (χ4n) is 3.01. The average molecular weight is 291 g/mol. The van der Waals surface area contributed by atoms with Gasteiger partial charge < -0.3 is 0 Å². The minimum absolute atomic E-state index is 0.00139. The quantitative estimate of drug-likeness (QED) is 0.742. The van der Waals surface area contributed by atoms with Gasteiger partial charge in [0.25, 0.3) is 0 Å². The van der Waals surface area contributed by atoms with Crippen LogP contribution < -0.4 is 0 Å². The first kappa shape index (κ1) is 14.2. The first-order chi connectivity index (χ1) is 10.7. The number of carbonyl (C=O) groups excluding carboxylic acids is 1. The zero-order valence-corrected chi connectivity index (χ0v) is 12.6. The third-order valence-electron chi connectivity index (χ3n) is 4.00. The van der Waals surface area contributed by atoms with E-state index in [1.54, 1.807) is 17.9 Å². The number of carbonyl (C=O) groups is 1. The van der Waals surface area contributed by atoms with Gasteiger partial charge in [0.1, 0.15) is 12.7 Å². The number of Topliss-reactive ketones (excluding diaryl/α,β-unsaturated/α-hetero) is 1. The highest BCUT2D eigenvalue weighted by molar-refractivity contribution is 5.92. The molecule has 0 aliphatic heterocycles. The lowest BCUT2D eigenvalue weighted by molar-refractivity contribution is -0.122. The molecule has 0 bridgehead atoms. The third kappa shape index (κ3) is 2.04. The fourth-order valence-corrected chi connectivity index (χ4v) is 3.01. The van der Waals surface area contributed by atoms with Crippen molar-refractivity contribution in [2.75, 3.05) is 0 Å². The summed E-state index contributed by atoms with van der Waals surface area (Å²) in [4.78, 5) is 16.9. The molecule has 0 saturated carbocycles. The Morgan fingerprint density at radius 2 is 1.73 bits per heavy atom. The van der Waals surface area contributed by atoms with Crippen LogP contribution in [0.25, 0.3) is 0 Å². The minimum Gasteiger partial charge on any atom is -0.296 e. The molecule has 22 heavy (non-hydrogen) atoms. The number of aromatic nitrogens is 3. The second kappa shape index (κ2) is 5.56. The van der Waals surface area contributed by atoms with Crippen molar-refractivity contribution in [2.24, 2.45) is 0 Å². The van der Waals surface area contributed by atoms with Crippen LogP contribution in [0.15, 0.2) is 67.3 Å². The SMILES string of the molecule is CC(=O)C(c1ccccc1)(c1ccccc1C)n1cncn1. The van der Waals surface area contributed by atoms with Crippen molar-refractivity contribution < 1.29 is 4.79 Å². The molecule has 0 saturated heterocycles. The molecule has 0 amide bonds. The van der Waals surface area contributed by atoms with E-state index in [9.17, 15) is 4.79 Å². The zero-order valence-electron chi connectivity index (χ0n) is 12.6. The third-order valence-corrected chi connectivity index (χ3v) is 4.00. The van der Waals surface area contributed by atoms with Gasteiger partial charge in [-0.2, -0.15) is 5.10 Å². The molecule has 0 fully saturated rings. The number of aryl methyl sites for hydroxylation is 1. The van der Waals surface area contributed by atoms with Crippen molar-refractivity contribution in [3.05, 3.63) is 83.9 Å². The maximum absolute atomic E-state index is 12.8. The molecule has 0 aliphatic carbocycles. The highest BCUT2D eigenvalue weighted by Gasteiger charge is 2.43. The summed E-state index contributed by atoms with van der Waals surface area (Å²) in [5, 5.41) is 4.29. The van der Waals surface area contributed by atoms with Crippen molar-refractivity contribution >= 4 is 5.78 Å². The van der Waals surface area contributed by atoms with E-state index in [0.717, 1.165) is 16.7 Å². The molecular formula is C18H17N3O. The second-order valence-electron chi connectivity index (χ2n) is 5.29. The zero-order chi connectivity index (χ0) is 15.6. The van der Waals surface area contributed by atoms with E-state index in [0.29, 0.717) is 0 Å². The summed E-state index contributed by atoms with van der Waals surface area (Å²) in [5.74, 6) is -0.00139. The van der Waals surface area contributed by atoms with Crippen LogP contribution in [0.5, 0.6) is 0 Å². The highest BCUT2D eigenvalue weighted by atomic mass is 16.1. The van der Waals surface area contributed by atoms with Crippen LogP contribution >= 0.6 is 0 Å². The van der Waals surface area contributed by atoms with E-state index in [1.807, 2.05) is 61.5 Å². The predicted molar refractivity (Wildman–Crippen MR) is 84.5 cm³/mol.